The lowest BCUT2D eigenvalue weighted by molar-refractivity contribution is 0.0668. The monoisotopic (exact) mass is 368 g/mol. The molecule has 3 aliphatic rings. The van der Waals surface area contributed by atoms with Crippen LogP contribution in [0.15, 0.2) is 18.2 Å². The van der Waals surface area contributed by atoms with Crippen LogP contribution in [0.2, 0.25) is 0 Å². The molecule has 0 spiro atoms. The van der Waals surface area contributed by atoms with Gasteiger partial charge in [0.05, 0.1) is 19.2 Å². The topological polar surface area (TPSA) is 69.5 Å². The summed E-state index contributed by atoms with van der Waals surface area (Å²) >= 11 is 0. The molecule has 0 N–H and O–H groups in total. The zero-order valence-electron chi connectivity index (χ0n) is 15.6. The van der Waals surface area contributed by atoms with E-state index in [9.17, 15) is 4.79 Å². The van der Waals surface area contributed by atoms with E-state index in [-0.39, 0.29) is 11.9 Å². The minimum atomic E-state index is 0.0541. The van der Waals surface area contributed by atoms with Crippen molar-refractivity contribution in [2.24, 2.45) is 0 Å². The molecular formula is C20H24N4O3. The van der Waals surface area contributed by atoms with E-state index in [1.807, 2.05) is 23.1 Å². The van der Waals surface area contributed by atoms with Crippen LogP contribution in [0.1, 0.15) is 59.3 Å². The number of fused-ring (bicyclic) bond motifs is 2. The third kappa shape index (κ3) is 2.90. The Hall–Kier alpha value is -2.41. The van der Waals surface area contributed by atoms with Gasteiger partial charge in [0.15, 0.2) is 5.82 Å². The number of ether oxygens (including phenoxy) is 2. The Kier molecular flexibility index (Phi) is 4.11. The highest BCUT2D eigenvalue weighted by Crippen LogP contribution is 2.32. The average molecular weight is 368 g/mol. The summed E-state index contributed by atoms with van der Waals surface area (Å²) in [7, 11) is 0. The van der Waals surface area contributed by atoms with Gasteiger partial charge in [-0.15, -0.1) is 10.2 Å². The summed E-state index contributed by atoms with van der Waals surface area (Å²) in [5.74, 6) is 3.30. The van der Waals surface area contributed by atoms with Gasteiger partial charge in [-0.2, -0.15) is 0 Å². The van der Waals surface area contributed by atoms with Crippen molar-refractivity contribution in [1.29, 1.82) is 0 Å². The van der Waals surface area contributed by atoms with Crippen LogP contribution in [0.4, 0.5) is 0 Å². The number of benzene rings is 1. The smallest absolute Gasteiger partial charge is 0.254 e. The molecule has 3 aliphatic heterocycles. The first kappa shape index (κ1) is 16.7. The molecule has 1 aromatic heterocycles. The van der Waals surface area contributed by atoms with E-state index in [4.69, 9.17) is 9.47 Å². The quantitative estimate of drug-likeness (QED) is 0.814. The van der Waals surface area contributed by atoms with Crippen LogP contribution in [-0.2, 0) is 17.7 Å². The number of rotatable bonds is 2. The minimum Gasteiger partial charge on any atom is -0.493 e. The first-order chi connectivity index (χ1) is 13.2. The molecule has 142 valence electrons. The molecule has 7 heteroatoms. The van der Waals surface area contributed by atoms with Gasteiger partial charge in [-0.3, -0.25) is 4.79 Å². The second-order valence-corrected chi connectivity index (χ2v) is 7.69. The molecule has 0 aliphatic carbocycles. The Balaban J connectivity index is 1.38. The molecule has 1 saturated heterocycles. The van der Waals surface area contributed by atoms with Crippen LogP contribution in [0.3, 0.4) is 0 Å². The Bertz CT molecular complexity index is 872. The molecule has 0 unspecified atom stereocenters. The second-order valence-electron chi connectivity index (χ2n) is 7.69. The molecule has 1 aromatic carbocycles. The second kappa shape index (κ2) is 6.64. The van der Waals surface area contributed by atoms with Gasteiger partial charge in [-0.1, -0.05) is 0 Å². The Labute approximate surface area is 158 Å². The van der Waals surface area contributed by atoms with Gasteiger partial charge in [0, 0.05) is 37.7 Å². The van der Waals surface area contributed by atoms with Crippen LogP contribution in [0.25, 0.3) is 0 Å². The fraction of sp³-hybridized carbons (Fsp3) is 0.550. The number of aromatic nitrogens is 3. The predicted molar refractivity (Wildman–Crippen MR) is 97.9 cm³/mol. The van der Waals surface area contributed by atoms with E-state index in [0.717, 1.165) is 61.0 Å². The maximum absolute atomic E-state index is 13.1. The number of amides is 1. The fourth-order valence-electron chi connectivity index (χ4n) is 4.45. The van der Waals surface area contributed by atoms with Crippen LogP contribution < -0.4 is 4.74 Å². The third-order valence-electron chi connectivity index (χ3n) is 5.86. The largest absolute Gasteiger partial charge is 0.493 e. The molecule has 0 saturated carbocycles. The zero-order valence-corrected chi connectivity index (χ0v) is 15.6. The first-order valence-corrected chi connectivity index (χ1v) is 9.77. The SMILES string of the molecule is C[C@H]1CN(C(=O)c2ccc3c(c2)CCO3)Cc2nnc(C3CCOCC3)n21. The molecule has 1 fully saturated rings. The predicted octanol–water partition coefficient (Wildman–Crippen LogP) is 2.32. The first-order valence-electron chi connectivity index (χ1n) is 9.77. The van der Waals surface area contributed by atoms with Gasteiger partial charge in [0.2, 0.25) is 0 Å². The number of nitrogens with zero attached hydrogens (tertiary/aromatic N) is 4. The van der Waals surface area contributed by atoms with Crippen molar-refractivity contribution in [2.45, 2.75) is 44.7 Å². The summed E-state index contributed by atoms with van der Waals surface area (Å²) in [5, 5.41) is 8.91. The normalized spacial score (nSPS) is 22.3. The van der Waals surface area contributed by atoms with E-state index < -0.39 is 0 Å². The summed E-state index contributed by atoms with van der Waals surface area (Å²) in [5.41, 5.74) is 1.85. The summed E-state index contributed by atoms with van der Waals surface area (Å²) in [6.07, 6.45) is 2.85. The highest BCUT2D eigenvalue weighted by Gasteiger charge is 2.32. The van der Waals surface area contributed by atoms with Crippen molar-refractivity contribution in [3.8, 4) is 5.75 Å². The highest BCUT2D eigenvalue weighted by molar-refractivity contribution is 5.94. The number of hydrogen-bond acceptors (Lipinski definition) is 5. The van der Waals surface area contributed by atoms with Crippen molar-refractivity contribution in [3.63, 3.8) is 0 Å². The van der Waals surface area contributed by atoms with Crippen LogP contribution >= 0.6 is 0 Å². The van der Waals surface area contributed by atoms with E-state index in [1.54, 1.807) is 0 Å². The molecule has 27 heavy (non-hydrogen) atoms. The van der Waals surface area contributed by atoms with Crippen LogP contribution in [-0.4, -0.2) is 51.9 Å². The van der Waals surface area contributed by atoms with Gasteiger partial charge < -0.3 is 18.9 Å². The van der Waals surface area contributed by atoms with Crippen molar-refractivity contribution >= 4 is 5.91 Å². The van der Waals surface area contributed by atoms with Gasteiger partial charge >= 0.3 is 0 Å². The van der Waals surface area contributed by atoms with Gasteiger partial charge in [-0.25, -0.2) is 0 Å². The van der Waals surface area contributed by atoms with E-state index >= 15 is 0 Å². The van der Waals surface area contributed by atoms with E-state index in [0.29, 0.717) is 25.6 Å². The molecule has 1 amide bonds. The lowest BCUT2D eigenvalue weighted by Gasteiger charge is -2.34. The Morgan fingerprint density at radius 1 is 1.19 bits per heavy atom. The number of carbonyl (C=O) groups is 1. The highest BCUT2D eigenvalue weighted by atomic mass is 16.5. The number of carbonyl (C=O) groups excluding carboxylic acids is 1. The number of hydrogen-bond donors (Lipinski definition) is 0. The zero-order chi connectivity index (χ0) is 18.4. The van der Waals surface area contributed by atoms with Crippen molar-refractivity contribution in [1.82, 2.24) is 19.7 Å². The Morgan fingerprint density at radius 2 is 2.04 bits per heavy atom. The van der Waals surface area contributed by atoms with Gasteiger partial charge in [-0.05, 0) is 43.5 Å². The molecule has 5 rings (SSSR count). The minimum absolute atomic E-state index is 0.0541. The lowest BCUT2D eigenvalue weighted by atomic mass is 9.98. The van der Waals surface area contributed by atoms with Crippen molar-refractivity contribution in [2.75, 3.05) is 26.4 Å². The summed E-state index contributed by atoms with van der Waals surface area (Å²) < 4.78 is 13.3. The van der Waals surface area contributed by atoms with E-state index in [1.165, 1.54) is 0 Å². The molecule has 1 atom stereocenters. The molecule has 2 aromatic rings. The summed E-state index contributed by atoms with van der Waals surface area (Å²) in [4.78, 5) is 15.0. The Morgan fingerprint density at radius 3 is 2.89 bits per heavy atom. The standard InChI is InChI=1S/C20H24N4O3/c1-13-11-23(20(25)16-2-3-17-15(10-16)6-9-27-17)12-18-21-22-19(24(13)18)14-4-7-26-8-5-14/h2-3,10,13-14H,4-9,11-12H2,1H3/t13-/m0/s1. The van der Waals surface area contributed by atoms with Crippen LogP contribution in [0.5, 0.6) is 5.75 Å². The maximum Gasteiger partial charge on any atom is 0.254 e. The summed E-state index contributed by atoms with van der Waals surface area (Å²) in [6, 6.07) is 5.92. The molecule has 0 radical (unpaired) electrons. The van der Waals surface area contributed by atoms with Crippen molar-refractivity contribution < 1.29 is 14.3 Å². The van der Waals surface area contributed by atoms with E-state index in [2.05, 4.69) is 21.7 Å². The molecule has 7 nitrogen and oxygen atoms in total. The lowest BCUT2D eigenvalue weighted by Crippen LogP contribution is -2.41. The van der Waals surface area contributed by atoms with Crippen LogP contribution in [0, 0.1) is 0 Å². The maximum atomic E-state index is 13.1. The van der Waals surface area contributed by atoms with Gasteiger partial charge in [0.25, 0.3) is 5.91 Å². The average Bonchev–Trinajstić information content (AvgIpc) is 3.34. The molecule has 0 bridgehead atoms. The third-order valence-corrected chi connectivity index (χ3v) is 5.86. The fourth-order valence-corrected chi connectivity index (χ4v) is 4.45. The summed E-state index contributed by atoms with van der Waals surface area (Å²) in [6.45, 7) is 5.60. The van der Waals surface area contributed by atoms with Crippen molar-refractivity contribution in [3.05, 3.63) is 41.0 Å². The molecule has 4 heterocycles. The van der Waals surface area contributed by atoms with Gasteiger partial charge in [0.1, 0.15) is 11.6 Å². The molecular weight excluding hydrogens is 344 g/mol.